The maximum absolute atomic E-state index is 12.4. The number of nitrogens with one attached hydrogen (secondary N) is 1. The van der Waals surface area contributed by atoms with Gasteiger partial charge in [-0.05, 0) is 50.1 Å². The van der Waals surface area contributed by atoms with Crippen LogP contribution in [-0.4, -0.2) is 46.9 Å². The van der Waals surface area contributed by atoms with Gasteiger partial charge in [-0.1, -0.05) is 18.2 Å². The minimum Gasteiger partial charge on any atom is -0.497 e. The largest absolute Gasteiger partial charge is 0.497 e. The summed E-state index contributed by atoms with van der Waals surface area (Å²) in [6, 6.07) is 14.3. The average molecular weight is 421 g/mol. The van der Waals surface area contributed by atoms with Crippen LogP contribution in [0.15, 0.2) is 48.5 Å². The van der Waals surface area contributed by atoms with Crippen molar-refractivity contribution in [1.82, 2.24) is 5.32 Å². The minimum atomic E-state index is -3.64. The SMILES string of the molecule is COc1ccc(CCNC(=O)CN(c2cccc(OC(C)C)c2)S(C)(=O)=O)cc1. The van der Waals surface area contributed by atoms with Crippen molar-refractivity contribution < 1.29 is 22.7 Å². The van der Waals surface area contributed by atoms with E-state index in [-0.39, 0.29) is 18.6 Å². The van der Waals surface area contributed by atoms with E-state index in [0.717, 1.165) is 21.9 Å². The molecule has 0 aliphatic heterocycles. The number of carbonyl (C=O) groups excluding carboxylic acids is 1. The van der Waals surface area contributed by atoms with Crippen LogP contribution in [0.1, 0.15) is 19.4 Å². The van der Waals surface area contributed by atoms with E-state index in [0.29, 0.717) is 24.4 Å². The van der Waals surface area contributed by atoms with Gasteiger partial charge in [0.2, 0.25) is 15.9 Å². The fraction of sp³-hybridized carbons (Fsp3) is 0.381. The molecule has 0 aliphatic rings. The Bertz CT molecular complexity index is 911. The summed E-state index contributed by atoms with van der Waals surface area (Å²) in [6.45, 7) is 3.88. The molecule has 2 aromatic carbocycles. The van der Waals surface area contributed by atoms with Crippen LogP contribution in [0, 0.1) is 0 Å². The van der Waals surface area contributed by atoms with Gasteiger partial charge in [-0.25, -0.2) is 8.42 Å². The van der Waals surface area contributed by atoms with Crippen molar-refractivity contribution in [2.45, 2.75) is 26.4 Å². The van der Waals surface area contributed by atoms with E-state index in [1.54, 1.807) is 31.4 Å². The molecule has 0 bridgehead atoms. The minimum absolute atomic E-state index is 0.0433. The quantitative estimate of drug-likeness (QED) is 0.639. The highest BCUT2D eigenvalue weighted by atomic mass is 32.2. The lowest BCUT2D eigenvalue weighted by atomic mass is 10.1. The predicted molar refractivity (Wildman–Crippen MR) is 114 cm³/mol. The third kappa shape index (κ3) is 7.30. The molecular weight excluding hydrogens is 392 g/mol. The summed E-state index contributed by atoms with van der Waals surface area (Å²) in [5.41, 5.74) is 1.43. The molecule has 0 heterocycles. The first-order chi connectivity index (χ1) is 13.7. The van der Waals surface area contributed by atoms with E-state index in [1.807, 2.05) is 38.1 Å². The molecule has 0 atom stereocenters. The van der Waals surface area contributed by atoms with Gasteiger partial charge in [0.25, 0.3) is 0 Å². The number of sulfonamides is 1. The van der Waals surface area contributed by atoms with E-state index in [2.05, 4.69) is 5.32 Å². The smallest absolute Gasteiger partial charge is 0.240 e. The van der Waals surface area contributed by atoms with Crippen molar-refractivity contribution in [3.05, 3.63) is 54.1 Å². The van der Waals surface area contributed by atoms with Gasteiger partial charge in [0.15, 0.2) is 0 Å². The number of rotatable bonds is 10. The molecule has 7 nitrogen and oxygen atoms in total. The highest BCUT2D eigenvalue weighted by Crippen LogP contribution is 2.23. The monoisotopic (exact) mass is 420 g/mol. The lowest BCUT2D eigenvalue weighted by Crippen LogP contribution is -2.41. The van der Waals surface area contributed by atoms with E-state index in [4.69, 9.17) is 9.47 Å². The topological polar surface area (TPSA) is 84.9 Å². The van der Waals surface area contributed by atoms with Crippen LogP contribution in [0.4, 0.5) is 5.69 Å². The zero-order chi connectivity index (χ0) is 21.4. The van der Waals surface area contributed by atoms with Crippen molar-refractivity contribution in [1.29, 1.82) is 0 Å². The third-order valence-corrected chi connectivity index (χ3v) is 5.20. The Hall–Kier alpha value is -2.74. The van der Waals surface area contributed by atoms with Gasteiger partial charge >= 0.3 is 0 Å². The number of methoxy groups -OCH3 is 1. The highest BCUT2D eigenvalue weighted by Gasteiger charge is 2.21. The molecule has 8 heteroatoms. The van der Waals surface area contributed by atoms with Gasteiger partial charge in [0.1, 0.15) is 18.0 Å². The summed E-state index contributed by atoms with van der Waals surface area (Å²) in [7, 11) is -2.04. The molecule has 0 radical (unpaired) electrons. The first-order valence-electron chi connectivity index (χ1n) is 9.33. The number of amides is 1. The van der Waals surface area contributed by atoms with Crippen molar-refractivity contribution in [2.75, 3.05) is 30.8 Å². The lowest BCUT2D eigenvalue weighted by molar-refractivity contribution is -0.119. The maximum Gasteiger partial charge on any atom is 0.240 e. The summed E-state index contributed by atoms with van der Waals surface area (Å²) in [5.74, 6) is 0.940. The number of ether oxygens (including phenoxy) is 2. The van der Waals surface area contributed by atoms with Crippen LogP contribution in [0.25, 0.3) is 0 Å². The second-order valence-corrected chi connectivity index (χ2v) is 8.79. The normalized spacial score (nSPS) is 11.2. The molecule has 0 aromatic heterocycles. The molecule has 0 fully saturated rings. The van der Waals surface area contributed by atoms with Crippen LogP contribution < -0.4 is 19.1 Å². The van der Waals surface area contributed by atoms with Crippen LogP contribution in [0.2, 0.25) is 0 Å². The van der Waals surface area contributed by atoms with Crippen LogP contribution in [-0.2, 0) is 21.2 Å². The Morgan fingerprint density at radius 2 is 1.79 bits per heavy atom. The summed E-state index contributed by atoms with van der Waals surface area (Å²) in [5, 5.41) is 2.77. The van der Waals surface area contributed by atoms with Gasteiger partial charge in [0, 0.05) is 12.6 Å². The summed E-state index contributed by atoms with van der Waals surface area (Å²) >= 11 is 0. The van der Waals surface area contributed by atoms with Crippen molar-refractivity contribution in [2.24, 2.45) is 0 Å². The van der Waals surface area contributed by atoms with E-state index < -0.39 is 10.0 Å². The fourth-order valence-electron chi connectivity index (χ4n) is 2.71. The molecule has 29 heavy (non-hydrogen) atoms. The molecule has 1 N–H and O–H groups in total. The molecule has 0 unspecified atom stereocenters. The number of hydrogen-bond donors (Lipinski definition) is 1. The van der Waals surface area contributed by atoms with Crippen LogP contribution >= 0.6 is 0 Å². The Morgan fingerprint density at radius 3 is 2.38 bits per heavy atom. The molecule has 0 saturated carbocycles. The molecule has 2 rings (SSSR count). The Balaban J connectivity index is 2.00. The van der Waals surface area contributed by atoms with Crippen molar-refractivity contribution in [3.8, 4) is 11.5 Å². The molecule has 0 saturated heterocycles. The number of carbonyl (C=O) groups is 1. The second-order valence-electron chi connectivity index (χ2n) is 6.88. The Labute approximate surface area is 172 Å². The molecule has 0 aliphatic carbocycles. The number of anilines is 1. The number of hydrogen-bond acceptors (Lipinski definition) is 5. The summed E-state index contributed by atoms with van der Waals surface area (Å²) in [4.78, 5) is 12.4. The fourth-order valence-corrected chi connectivity index (χ4v) is 3.56. The van der Waals surface area contributed by atoms with Gasteiger partial charge in [-0.2, -0.15) is 0 Å². The van der Waals surface area contributed by atoms with Crippen LogP contribution in [0.5, 0.6) is 11.5 Å². The predicted octanol–water partition coefficient (Wildman–Crippen LogP) is 2.61. The average Bonchev–Trinajstić information content (AvgIpc) is 2.65. The van der Waals surface area contributed by atoms with Gasteiger partial charge in [-0.15, -0.1) is 0 Å². The zero-order valence-corrected chi connectivity index (χ0v) is 18.0. The number of benzene rings is 2. The molecule has 0 spiro atoms. The second kappa shape index (κ2) is 10.2. The number of nitrogens with zero attached hydrogens (tertiary/aromatic N) is 1. The summed E-state index contributed by atoms with van der Waals surface area (Å²) in [6.07, 6.45) is 1.66. The molecular formula is C21H28N2O5S. The molecule has 1 amide bonds. The standard InChI is InChI=1S/C21H28N2O5S/c1-16(2)28-20-7-5-6-18(14-20)23(29(4,25)26)15-21(24)22-13-12-17-8-10-19(27-3)11-9-17/h5-11,14,16H,12-13,15H2,1-4H3,(H,22,24). The van der Waals surface area contributed by atoms with Gasteiger partial charge in [0.05, 0.1) is 25.2 Å². The Kier molecular flexibility index (Phi) is 7.90. The first kappa shape index (κ1) is 22.5. The first-order valence-corrected chi connectivity index (χ1v) is 11.2. The lowest BCUT2D eigenvalue weighted by Gasteiger charge is -2.22. The highest BCUT2D eigenvalue weighted by molar-refractivity contribution is 7.92. The summed E-state index contributed by atoms with van der Waals surface area (Å²) < 4.78 is 36.3. The van der Waals surface area contributed by atoms with Crippen LogP contribution in [0.3, 0.4) is 0 Å². The van der Waals surface area contributed by atoms with Gasteiger partial charge in [-0.3, -0.25) is 9.10 Å². The van der Waals surface area contributed by atoms with E-state index >= 15 is 0 Å². The van der Waals surface area contributed by atoms with E-state index in [9.17, 15) is 13.2 Å². The third-order valence-electron chi connectivity index (χ3n) is 4.06. The van der Waals surface area contributed by atoms with Crippen molar-refractivity contribution >= 4 is 21.6 Å². The van der Waals surface area contributed by atoms with Crippen molar-refractivity contribution in [3.63, 3.8) is 0 Å². The van der Waals surface area contributed by atoms with Gasteiger partial charge < -0.3 is 14.8 Å². The maximum atomic E-state index is 12.4. The molecule has 158 valence electrons. The zero-order valence-electron chi connectivity index (χ0n) is 17.2. The van der Waals surface area contributed by atoms with E-state index in [1.165, 1.54) is 0 Å². The Morgan fingerprint density at radius 1 is 1.10 bits per heavy atom. The molecule has 2 aromatic rings.